The van der Waals surface area contributed by atoms with Gasteiger partial charge in [0.2, 0.25) is 5.95 Å². The van der Waals surface area contributed by atoms with E-state index in [1.165, 1.54) is 18.5 Å². The Morgan fingerprint density at radius 2 is 1.90 bits per heavy atom. The van der Waals surface area contributed by atoms with E-state index in [0.29, 0.717) is 22.4 Å². The molecule has 3 rings (SSSR count). The molecule has 0 unspecified atom stereocenters. The zero-order valence-corrected chi connectivity index (χ0v) is 12.4. The van der Waals surface area contributed by atoms with Crippen LogP contribution in [0.3, 0.4) is 0 Å². The minimum absolute atomic E-state index is 0.297. The Bertz CT molecular complexity index is 643. The number of aromatic nitrogens is 3. The highest BCUT2D eigenvalue weighted by Gasteiger charge is 2.17. The van der Waals surface area contributed by atoms with Crippen molar-refractivity contribution in [3.05, 3.63) is 35.4 Å². The predicted octanol–water partition coefficient (Wildman–Crippen LogP) is 2.08. The van der Waals surface area contributed by atoms with Crippen LogP contribution < -0.4 is 4.90 Å². The van der Waals surface area contributed by atoms with E-state index in [2.05, 4.69) is 31.8 Å². The molecule has 0 bridgehead atoms. The van der Waals surface area contributed by atoms with Gasteiger partial charge in [-0.25, -0.2) is 14.4 Å². The summed E-state index contributed by atoms with van der Waals surface area (Å²) >= 11 is 6.06. The zero-order chi connectivity index (χ0) is 14.8. The summed E-state index contributed by atoms with van der Waals surface area (Å²) in [6.07, 6.45) is 1.47. The van der Waals surface area contributed by atoms with Gasteiger partial charge in [0.15, 0.2) is 5.82 Å². The zero-order valence-electron chi connectivity index (χ0n) is 11.6. The minimum atomic E-state index is -0.378. The van der Waals surface area contributed by atoms with E-state index in [1.807, 2.05) is 0 Å². The molecule has 0 atom stereocenters. The minimum Gasteiger partial charge on any atom is -0.338 e. The van der Waals surface area contributed by atoms with Crippen molar-refractivity contribution in [2.45, 2.75) is 0 Å². The molecular formula is C14H15ClFN5. The van der Waals surface area contributed by atoms with Crippen molar-refractivity contribution >= 4 is 17.5 Å². The Morgan fingerprint density at radius 1 is 1.14 bits per heavy atom. The topological polar surface area (TPSA) is 45.2 Å². The number of piperazine rings is 1. The van der Waals surface area contributed by atoms with Gasteiger partial charge >= 0.3 is 0 Å². The molecule has 0 saturated carbocycles. The van der Waals surface area contributed by atoms with E-state index >= 15 is 0 Å². The highest BCUT2D eigenvalue weighted by atomic mass is 35.5. The molecule has 5 nitrogen and oxygen atoms in total. The van der Waals surface area contributed by atoms with Crippen LogP contribution in [0.1, 0.15) is 0 Å². The molecule has 1 aromatic carbocycles. The van der Waals surface area contributed by atoms with Crippen LogP contribution in [0.4, 0.5) is 10.3 Å². The smallest absolute Gasteiger partial charge is 0.228 e. The third-order valence-electron chi connectivity index (χ3n) is 3.52. The molecule has 0 N–H and O–H groups in total. The molecule has 7 heteroatoms. The Hall–Kier alpha value is -1.79. The van der Waals surface area contributed by atoms with Crippen molar-refractivity contribution < 1.29 is 4.39 Å². The molecule has 1 aromatic heterocycles. The van der Waals surface area contributed by atoms with E-state index in [0.717, 1.165) is 26.2 Å². The SMILES string of the molecule is CN1CCN(c2ncnc(-c3ccc(F)cc3Cl)n2)CC1. The lowest BCUT2D eigenvalue weighted by Gasteiger charge is -2.32. The number of anilines is 1. The molecule has 2 heterocycles. The first-order chi connectivity index (χ1) is 10.1. The molecule has 0 amide bonds. The fourth-order valence-electron chi connectivity index (χ4n) is 2.25. The second kappa shape index (κ2) is 5.91. The predicted molar refractivity (Wildman–Crippen MR) is 79.9 cm³/mol. The number of benzene rings is 1. The van der Waals surface area contributed by atoms with Crippen LogP contribution >= 0.6 is 11.6 Å². The summed E-state index contributed by atoms with van der Waals surface area (Å²) in [4.78, 5) is 17.2. The van der Waals surface area contributed by atoms with Crippen molar-refractivity contribution in [3.8, 4) is 11.4 Å². The quantitative estimate of drug-likeness (QED) is 0.850. The van der Waals surface area contributed by atoms with Crippen LogP contribution in [0, 0.1) is 5.82 Å². The number of likely N-dealkylation sites (N-methyl/N-ethyl adjacent to an activating group) is 1. The summed E-state index contributed by atoms with van der Waals surface area (Å²) in [5, 5.41) is 0.297. The van der Waals surface area contributed by atoms with Crippen molar-refractivity contribution in [2.24, 2.45) is 0 Å². The first-order valence-corrected chi connectivity index (χ1v) is 7.09. The number of halogens is 2. The summed E-state index contributed by atoms with van der Waals surface area (Å²) < 4.78 is 13.1. The molecule has 2 aromatic rings. The van der Waals surface area contributed by atoms with Gasteiger partial charge in [-0.05, 0) is 25.2 Å². The molecule has 0 spiro atoms. The van der Waals surface area contributed by atoms with E-state index in [-0.39, 0.29) is 5.82 Å². The lowest BCUT2D eigenvalue weighted by molar-refractivity contribution is 0.311. The highest BCUT2D eigenvalue weighted by molar-refractivity contribution is 6.33. The Labute approximate surface area is 127 Å². The normalized spacial score (nSPS) is 16.2. The Kier molecular flexibility index (Phi) is 3.98. The highest BCUT2D eigenvalue weighted by Crippen LogP contribution is 2.26. The maximum atomic E-state index is 13.1. The molecular weight excluding hydrogens is 293 g/mol. The molecule has 21 heavy (non-hydrogen) atoms. The summed E-state index contributed by atoms with van der Waals surface area (Å²) in [5.74, 6) is 0.717. The fraction of sp³-hybridized carbons (Fsp3) is 0.357. The first kappa shape index (κ1) is 14.2. The van der Waals surface area contributed by atoms with Gasteiger partial charge in [-0.1, -0.05) is 11.6 Å². The summed E-state index contributed by atoms with van der Waals surface area (Å²) in [6.45, 7) is 3.69. The second-order valence-corrected chi connectivity index (χ2v) is 5.43. The van der Waals surface area contributed by atoms with Gasteiger partial charge in [-0.2, -0.15) is 4.98 Å². The number of hydrogen-bond donors (Lipinski definition) is 0. The van der Waals surface area contributed by atoms with Crippen LogP contribution in [0.15, 0.2) is 24.5 Å². The molecule has 1 aliphatic heterocycles. The summed E-state index contributed by atoms with van der Waals surface area (Å²) in [5.41, 5.74) is 0.607. The summed E-state index contributed by atoms with van der Waals surface area (Å²) in [7, 11) is 2.09. The van der Waals surface area contributed by atoms with Gasteiger partial charge in [-0.3, -0.25) is 0 Å². The van der Waals surface area contributed by atoms with Gasteiger partial charge in [0.25, 0.3) is 0 Å². The molecule has 0 aliphatic carbocycles. The number of hydrogen-bond acceptors (Lipinski definition) is 5. The Morgan fingerprint density at radius 3 is 2.62 bits per heavy atom. The average Bonchev–Trinajstić information content (AvgIpc) is 2.48. The maximum Gasteiger partial charge on any atom is 0.228 e. The van der Waals surface area contributed by atoms with Crippen LogP contribution in [0.25, 0.3) is 11.4 Å². The first-order valence-electron chi connectivity index (χ1n) is 6.71. The van der Waals surface area contributed by atoms with Gasteiger partial charge in [-0.15, -0.1) is 0 Å². The maximum absolute atomic E-state index is 13.1. The van der Waals surface area contributed by atoms with Crippen molar-refractivity contribution in [1.29, 1.82) is 0 Å². The van der Waals surface area contributed by atoms with Gasteiger partial charge in [0.05, 0.1) is 5.02 Å². The molecule has 1 aliphatic rings. The average molecular weight is 308 g/mol. The Balaban J connectivity index is 1.89. The summed E-state index contributed by atoms with van der Waals surface area (Å²) in [6, 6.07) is 4.19. The number of nitrogens with zero attached hydrogens (tertiary/aromatic N) is 5. The third-order valence-corrected chi connectivity index (χ3v) is 3.83. The molecule has 1 fully saturated rings. The standard InChI is InChI=1S/C14H15ClFN5/c1-20-4-6-21(7-5-20)14-18-9-17-13(19-14)11-3-2-10(16)8-12(11)15/h2-3,8-9H,4-7H2,1H3. The molecule has 1 saturated heterocycles. The largest absolute Gasteiger partial charge is 0.338 e. The van der Waals surface area contributed by atoms with E-state index in [9.17, 15) is 4.39 Å². The fourth-order valence-corrected chi connectivity index (χ4v) is 2.50. The second-order valence-electron chi connectivity index (χ2n) is 5.02. The van der Waals surface area contributed by atoms with Crippen LogP contribution in [0.5, 0.6) is 0 Å². The van der Waals surface area contributed by atoms with Crippen molar-refractivity contribution in [2.75, 3.05) is 38.1 Å². The van der Waals surface area contributed by atoms with Crippen LogP contribution in [0.2, 0.25) is 5.02 Å². The van der Waals surface area contributed by atoms with E-state index < -0.39 is 0 Å². The lowest BCUT2D eigenvalue weighted by Crippen LogP contribution is -2.45. The van der Waals surface area contributed by atoms with Gasteiger partial charge < -0.3 is 9.80 Å². The monoisotopic (exact) mass is 307 g/mol. The lowest BCUT2D eigenvalue weighted by atomic mass is 10.2. The third kappa shape index (κ3) is 3.11. The van der Waals surface area contributed by atoms with Crippen molar-refractivity contribution in [1.82, 2.24) is 19.9 Å². The van der Waals surface area contributed by atoms with Crippen molar-refractivity contribution in [3.63, 3.8) is 0 Å². The molecule has 0 radical (unpaired) electrons. The number of rotatable bonds is 2. The van der Waals surface area contributed by atoms with Gasteiger partial charge in [0.1, 0.15) is 12.1 Å². The van der Waals surface area contributed by atoms with E-state index in [1.54, 1.807) is 6.07 Å². The van der Waals surface area contributed by atoms with E-state index in [4.69, 9.17) is 11.6 Å². The van der Waals surface area contributed by atoms with Crippen LogP contribution in [-0.2, 0) is 0 Å². The molecule has 110 valence electrons. The van der Waals surface area contributed by atoms with Crippen LogP contribution in [-0.4, -0.2) is 53.1 Å². The van der Waals surface area contributed by atoms with Gasteiger partial charge in [0, 0.05) is 31.7 Å².